The van der Waals surface area contributed by atoms with E-state index in [-0.39, 0.29) is 12.3 Å². The molecule has 1 aliphatic rings. The van der Waals surface area contributed by atoms with Gasteiger partial charge in [0.2, 0.25) is 6.79 Å². The van der Waals surface area contributed by atoms with Crippen molar-refractivity contribution in [1.82, 2.24) is 0 Å². The molecule has 0 amide bonds. The first kappa shape index (κ1) is 10.3. The molecule has 1 aromatic rings. The Morgan fingerprint density at radius 3 is 2.67 bits per heavy atom. The predicted octanol–water partition coefficient (Wildman–Crippen LogP) is -0.852. The van der Waals surface area contributed by atoms with Crippen molar-refractivity contribution < 1.29 is 24.6 Å². The lowest BCUT2D eigenvalue weighted by Gasteiger charge is -2.13. The molecule has 15 heavy (non-hydrogen) atoms. The number of rotatable bonds is 2. The molecule has 0 spiro atoms. The third kappa shape index (κ3) is 1.67. The van der Waals surface area contributed by atoms with Crippen LogP contribution < -0.4 is 14.9 Å². The van der Waals surface area contributed by atoms with E-state index in [2.05, 4.69) is 0 Å². The summed E-state index contributed by atoms with van der Waals surface area (Å²) in [5.74, 6) is 0.755. The molecule has 1 atom stereocenters. The minimum atomic E-state index is -1.69. The minimum Gasteiger partial charge on any atom is -0.454 e. The molecule has 1 heterocycles. The van der Waals surface area contributed by atoms with Crippen LogP contribution in [0, 0.1) is 0 Å². The second-order valence-electron chi connectivity index (χ2n) is 3.35. The number of fused-ring (bicyclic) bond motifs is 1. The van der Waals surface area contributed by atoms with Gasteiger partial charge in [0, 0.05) is 5.46 Å². The van der Waals surface area contributed by atoms with E-state index in [1.54, 1.807) is 19.1 Å². The van der Waals surface area contributed by atoms with Gasteiger partial charge in [0.1, 0.15) is 0 Å². The first-order valence-electron chi connectivity index (χ1n) is 4.58. The first-order valence-corrected chi connectivity index (χ1v) is 4.58. The summed E-state index contributed by atoms with van der Waals surface area (Å²) in [7, 11) is -1.69. The Morgan fingerprint density at radius 2 is 2.07 bits per heavy atom. The zero-order valence-corrected chi connectivity index (χ0v) is 8.17. The summed E-state index contributed by atoms with van der Waals surface area (Å²) in [5, 5.41) is 27.9. The maximum absolute atomic E-state index is 9.47. The second-order valence-corrected chi connectivity index (χ2v) is 3.35. The minimum absolute atomic E-state index is 0.0539. The highest BCUT2D eigenvalue weighted by Gasteiger charge is 2.29. The maximum Gasteiger partial charge on any atom is 0.492 e. The van der Waals surface area contributed by atoms with E-state index in [1.165, 1.54) is 0 Å². The highest BCUT2D eigenvalue weighted by atomic mass is 16.7. The van der Waals surface area contributed by atoms with Crippen molar-refractivity contribution in [2.75, 3.05) is 6.79 Å². The van der Waals surface area contributed by atoms with Gasteiger partial charge in [-0.1, -0.05) is 6.07 Å². The molecule has 1 unspecified atom stereocenters. The van der Waals surface area contributed by atoms with Crippen molar-refractivity contribution >= 4 is 12.6 Å². The van der Waals surface area contributed by atoms with E-state index in [0.717, 1.165) is 0 Å². The number of ether oxygens (including phenoxy) is 2. The largest absolute Gasteiger partial charge is 0.492 e. The highest BCUT2D eigenvalue weighted by molar-refractivity contribution is 6.60. The molecule has 0 aliphatic carbocycles. The van der Waals surface area contributed by atoms with E-state index in [1.807, 2.05) is 0 Å². The summed E-state index contributed by atoms with van der Waals surface area (Å²) >= 11 is 0. The van der Waals surface area contributed by atoms with Gasteiger partial charge in [0.25, 0.3) is 0 Å². The third-order valence-corrected chi connectivity index (χ3v) is 2.32. The fourth-order valence-corrected chi connectivity index (χ4v) is 1.64. The monoisotopic (exact) mass is 210 g/mol. The van der Waals surface area contributed by atoms with E-state index in [9.17, 15) is 15.2 Å². The van der Waals surface area contributed by atoms with Crippen molar-refractivity contribution in [3.05, 3.63) is 17.7 Å². The molecule has 1 aromatic carbocycles. The van der Waals surface area contributed by atoms with Crippen LogP contribution >= 0.6 is 0 Å². The molecule has 0 fully saturated rings. The lowest BCUT2D eigenvalue weighted by atomic mass is 9.75. The summed E-state index contributed by atoms with van der Waals surface area (Å²) in [6.07, 6.45) is -0.795. The predicted molar refractivity (Wildman–Crippen MR) is 53.0 cm³/mol. The van der Waals surface area contributed by atoms with E-state index < -0.39 is 13.2 Å². The number of aliphatic hydroxyl groups is 1. The average Bonchev–Trinajstić information content (AvgIpc) is 2.62. The highest BCUT2D eigenvalue weighted by Crippen LogP contribution is 2.32. The van der Waals surface area contributed by atoms with Crippen molar-refractivity contribution in [2.45, 2.75) is 13.0 Å². The van der Waals surface area contributed by atoms with Crippen LogP contribution in [0.3, 0.4) is 0 Å². The molecule has 0 aromatic heterocycles. The molecule has 0 radical (unpaired) electrons. The number of benzene rings is 1. The fourth-order valence-electron chi connectivity index (χ4n) is 1.64. The smallest absolute Gasteiger partial charge is 0.454 e. The van der Waals surface area contributed by atoms with Gasteiger partial charge in [-0.05, 0) is 18.6 Å². The van der Waals surface area contributed by atoms with E-state index >= 15 is 0 Å². The Hall–Kier alpha value is -1.24. The second kappa shape index (κ2) is 3.73. The van der Waals surface area contributed by atoms with Crippen LogP contribution in [0.1, 0.15) is 18.6 Å². The Kier molecular flexibility index (Phi) is 2.56. The first-order chi connectivity index (χ1) is 7.11. The van der Waals surface area contributed by atoms with Crippen LogP contribution in [0.25, 0.3) is 0 Å². The summed E-state index contributed by atoms with van der Waals surface area (Å²) in [6.45, 7) is 1.60. The summed E-state index contributed by atoms with van der Waals surface area (Å²) in [5.41, 5.74) is 0.592. The molecule has 1 aliphatic heterocycles. The molecular weight excluding hydrogens is 199 g/mol. The Labute approximate surface area is 87.0 Å². The van der Waals surface area contributed by atoms with Crippen molar-refractivity contribution in [3.63, 3.8) is 0 Å². The molecule has 80 valence electrons. The molecular formula is C9H11BO5. The SMILES string of the molecule is CC(O)c1ccc2c(c1B(O)O)OCO2. The van der Waals surface area contributed by atoms with Gasteiger partial charge in [0.15, 0.2) is 11.5 Å². The molecule has 0 saturated heterocycles. The van der Waals surface area contributed by atoms with Crippen LogP contribution in [-0.4, -0.2) is 29.1 Å². The lowest BCUT2D eigenvalue weighted by molar-refractivity contribution is 0.174. The topological polar surface area (TPSA) is 79.2 Å². The molecule has 2 rings (SSSR count). The van der Waals surface area contributed by atoms with E-state index in [4.69, 9.17) is 9.47 Å². The normalized spacial score (nSPS) is 15.2. The van der Waals surface area contributed by atoms with Gasteiger partial charge in [-0.25, -0.2) is 0 Å². The van der Waals surface area contributed by atoms with Crippen LogP contribution in [0.4, 0.5) is 0 Å². The summed E-state index contributed by atoms with van der Waals surface area (Å²) in [6, 6.07) is 3.23. The van der Waals surface area contributed by atoms with Gasteiger partial charge in [0.05, 0.1) is 6.10 Å². The third-order valence-electron chi connectivity index (χ3n) is 2.32. The fraction of sp³-hybridized carbons (Fsp3) is 0.333. The molecule has 0 saturated carbocycles. The van der Waals surface area contributed by atoms with Crippen LogP contribution in [0.5, 0.6) is 11.5 Å². The molecule has 5 nitrogen and oxygen atoms in total. The van der Waals surface area contributed by atoms with Crippen molar-refractivity contribution in [3.8, 4) is 11.5 Å². The van der Waals surface area contributed by atoms with Gasteiger partial charge in [-0.2, -0.15) is 0 Å². The van der Waals surface area contributed by atoms with Gasteiger partial charge < -0.3 is 24.6 Å². The Bertz CT molecular complexity index is 377. The van der Waals surface area contributed by atoms with Crippen LogP contribution in [0.15, 0.2) is 12.1 Å². The van der Waals surface area contributed by atoms with Gasteiger partial charge in [-0.15, -0.1) is 0 Å². The number of aliphatic hydroxyl groups excluding tert-OH is 1. The zero-order chi connectivity index (χ0) is 11.0. The Balaban J connectivity index is 2.58. The zero-order valence-electron chi connectivity index (χ0n) is 8.17. The Morgan fingerprint density at radius 1 is 1.33 bits per heavy atom. The summed E-state index contributed by atoms with van der Waals surface area (Å²) in [4.78, 5) is 0. The molecule has 6 heteroatoms. The standard InChI is InChI=1S/C9H11BO5/c1-5(11)6-2-3-7-9(15-4-14-7)8(6)10(12)13/h2-3,5,11-13H,4H2,1H3. The number of hydrogen-bond acceptors (Lipinski definition) is 5. The van der Waals surface area contributed by atoms with Gasteiger partial charge >= 0.3 is 7.12 Å². The average molecular weight is 210 g/mol. The van der Waals surface area contributed by atoms with Crippen LogP contribution in [-0.2, 0) is 0 Å². The number of hydrogen-bond donors (Lipinski definition) is 3. The quantitative estimate of drug-likeness (QED) is 0.554. The maximum atomic E-state index is 9.47. The summed E-state index contributed by atoms with van der Waals surface area (Å²) < 4.78 is 10.2. The lowest BCUT2D eigenvalue weighted by Crippen LogP contribution is -2.34. The molecule has 0 bridgehead atoms. The van der Waals surface area contributed by atoms with E-state index in [0.29, 0.717) is 17.1 Å². The van der Waals surface area contributed by atoms with Crippen LogP contribution in [0.2, 0.25) is 0 Å². The molecule has 3 N–H and O–H groups in total. The van der Waals surface area contributed by atoms with Crippen molar-refractivity contribution in [2.24, 2.45) is 0 Å². The van der Waals surface area contributed by atoms with Crippen molar-refractivity contribution in [1.29, 1.82) is 0 Å². The van der Waals surface area contributed by atoms with Gasteiger partial charge in [-0.3, -0.25) is 0 Å².